The summed E-state index contributed by atoms with van der Waals surface area (Å²) >= 11 is 0. The van der Waals surface area contributed by atoms with Gasteiger partial charge >= 0.3 is 0 Å². The average molecular weight is 229 g/mol. The summed E-state index contributed by atoms with van der Waals surface area (Å²) in [6, 6.07) is 0.184. The van der Waals surface area contributed by atoms with E-state index >= 15 is 0 Å². The quantitative estimate of drug-likeness (QED) is 0.644. The van der Waals surface area contributed by atoms with E-state index in [1.165, 1.54) is 0 Å². The summed E-state index contributed by atoms with van der Waals surface area (Å²) in [4.78, 5) is 24.3. The first-order chi connectivity index (χ1) is 7.51. The number of hydrogen-bond acceptors (Lipinski definition) is 3. The third kappa shape index (κ3) is 6.40. The molecule has 0 radical (unpaired) electrons. The van der Waals surface area contributed by atoms with Gasteiger partial charge < -0.3 is 10.2 Å². The number of carbonyl (C=O) groups is 2. The van der Waals surface area contributed by atoms with Crippen LogP contribution in [0.1, 0.15) is 27.2 Å². The second kappa shape index (κ2) is 8.10. The molecular formula is C11H23N3O2. The zero-order valence-electron chi connectivity index (χ0n) is 10.7. The van der Waals surface area contributed by atoms with E-state index in [0.29, 0.717) is 6.54 Å². The minimum absolute atomic E-state index is 0.00107. The van der Waals surface area contributed by atoms with Crippen molar-refractivity contribution in [3.8, 4) is 0 Å². The highest BCUT2D eigenvalue weighted by Crippen LogP contribution is 1.86. The maximum absolute atomic E-state index is 11.4. The van der Waals surface area contributed by atoms with Gasteiger partial charge in [0.1, 0.15) is 0 Å². The van der Waals surface area contributed by atoms with Crippen molar-refractivity contribution < 1.29 is 9.59 Å². The summed E-state index contributed by atoms with van der Waals surface area (Å²) in [5.41, 5.74) is 0. The van der Waals surface area contributed by atoms with Crippen molar-refractivity contribution in [3.63, 3.8) is 0 Å². The van der Waals surface area contributed by atoms with Gasteiger partial charge in [-0.2, -0.15) is 0 Å². The van der Waals surface area contributed by atoms with Gasteiger partial charge in [-0.1, -0.05) is 6.92 Å². The molecular weight excluding hydrogens is 206 g/mol. The molecule has 1 unspecified atom stereocenters. The maximum atomic E-state index is 11.4. The van der Waals surface area contributed by atoms with Crippen molar-refractivity contribution in [1.29, 1.82) is 0 Å². The number of rotatable bonds is 7. The lowest BCUT2D eigenvalue weighted by Gasteiger charge is -2.15. The minimum atomic E-state index is -0.0682. The third-order valence-corrected chi connectivity index (χ3v) is 2.48. The van der Waals surface area contributed by atoms with E-state index in [1.807, 2.05) is 20.8 Å². The summed E-state index contributed by atoms with van der Waals surface area (Å²) in [5, 5.41) is 5.65. The van der Waals surface area contributed by atoms with E-state index in [2.05, 4.69) is 10.6 Å². The highest BCUT2D eigenvalue weighted by atomic mass is 16.2. The third-order valence-electron chi connectivity index (χ3n) is 2.48. The Morgan fingerprint density at radius 2 is 1.88 bits per heavy atom. The van der Waals surface area contributed by atoms with Crippen LogP contribution in [-0.2, 0) is 9.59 Å². The molecule has 5 nitrogen and oxygen atoms in total. The van der Waals surface area contributed by atoms with Crippen molar-refractivity contribution >= 4 is 11.8 Å². The fourth-order valence-electron chi connectivity index (χ4n) is 1.02. The van der Waals surface area contributed by atoms with Crippen LogP contribution in [0, 0.1) is 0 Å². The molecule has 1 atom stereocenters. The van der Waals surface area contributed by atoms with Crippen LogP contribution >= 0.6 is 0 Å². The van der Waals surface area contributed by atoms with Crippen LogP contribution in [0.4, 0.5) is 0 Å². The highest BCUT2D eigenvalue weighted by molar-refractivity contribution is 5.81. The second-order valence-corrected chi connectivity index (χ2v) is 3.89. The molecule has 0 aromatic heterocycles. The molecule has 0 aromatic rings. The zero-order chi connectivity index (χ0) is 12.6. The first-order valence-corrected chi connectivity index (χ1v) is 5.75. The first kappa shape index (κ1) is 14.9. The van der Waals surface area contributed by atoms with Gasteiger partial charge in [0.05, 0.1) is 13.1 Å². The van der Waals surface area contributed by atoms with Gasteiger partial charge in [0.25, 0.3) is 0 Å². The fraction of sp³-hybridized carbons (Fsp3) is 0.818. The first-order valence-electron chi connectivity index (χ1n) is 5.75. The molecule has 0 heterocycles. The van der Waals surface area contributed by atoms with Crippen molar-refractivity contribution in [3.05, 3.63) is 0 Å². The molecule has 16 heavy (non-hydrogen) atoms. The molecule has 5 heteroatoms. The molecule has 2 amide bonds. The van der Waals surface area contributed by atoms with Crippen LogP contribution < -0.4 is 10.6 Å². The summed E-state index contributed by atoms with van der Waals surface area (Å²) in [7, 11) is 1.74. The van der Waals surface area contributed by atoms with Gasteiger partial charge in [-0.15, -0.1) is 0 Å². The van der Waals surface area contributed by atoms with Gasteiger partial charge in [0, 0.05) is 19.6 Å². The molecule has 2 N–H and O–H groups in total. The van der Waals surface area contributed by atoms with Gasteiger partial charge in [-0.05, 0) is 20.3 Å². The Bertz CT molecular complexity index is 231. The van der Waals surface area contributed by atoms with Crippen molar-refractivity contribution in [2.24, 2.45) is 0 Å². The molecule has 0 aliphatic heterocycles. The highest BCUT2D eigenvalue weighted by Gasteiger charge is 2.08. The Kier molecular flexibility index (Phi) is 7.54. The van der Waals surface area contributed by atoms with E-state index in [9.17, 15) is 9.59 Å². The largest absolute Gasteiger partial charge is 0.353 e. The van der Waals surface area contributed by atoms with Crippen molar-refractivity contribution in [1.82, 2.24) is 15.5 Å². The summed E-state index contributed by atoms with van der Waals surface area (Å²) < 4.78 is 0. The number of amides is 2. The topological polar surface area (TPSA) is 61.4 Å². The summed E-state index contributed by atoms with van der Waals surface area (Å²) in [6.07, 6.45) is 0.906. The maximum Gasteiger partial charge on any atom is 0.236 e. The number of carbonyl (C=O) groups excluding carboxylic acids is 2. The number of hydrogen-bond donors (Lipinski definition) is 2. The minimum Gasteiger partial charge on any atom is -0.353 e. The van der Waals surface area contributed by atoms with E-state index in [0.717, 1.165) is 6.42 Å². The Morgan fingerprint density at radius 1 is 1.25 bits per heavy atom. The van der Waals surface area contributed by atoms with Crippen LogP contribution in [-0.4, -0.2) is 49.4 Å². The Hall–Kier alpha value is -1.10. The predicted octanol–water partition coefficient (Wildman–Crippen LogP) is -0.0310. The Balaban J connectivity index is 3.66. The molecule has 0 saturated heterocycles. The van der Waals surface area contributed by atoms with Gasteiger partial charge in [0.2, 0.25) is 11.8 Å². The zero-order valence-corrected chi connectivity index (χ0v) is 10.7. The van der Waals surface area contributed by atoms with Gasteiger partial charge in [-0.25, -0.2) is 0 Å². The summed E-state index contributed by atoms with van der Waals surface area (Å²) in [6.45, 7) is 6.95. The SMILES string of the molecule is CCC(C)NC(=O)CNCC(=O)N(C)CC. The van der Waals surface area contributed by atoms with E-state index < -0.39 is 0 Å². The Morgan fingerprint density at radius 3 is 2.38 bits per heavy atom. The Labute approximate surface area is 97.6 Å². The molecule has 0 bridgehead atoms. The molecule has 0 fully saturated rings. The van der Waals surface area contributed by atoms with Crippen molar-refractivity contribution in [2.75, 3.05) is 26.7 Å². The molecule has 0 aromatic carbocycles. The molecule has 0 spiro atoms. The van der Waals surface area contributed by atoms with Crippen molar-refractivity contribution in [2.45, 2.75) is 33.2 Å². The van der Waals surface area contributed by atoms with Gasteiger partial charge in [-0.3, -0.25) is 14.9 Å². The lowest BCUT2D eigenvalue weighted by atomic mass is 10.2. The van der Waals surface area contributed by atoms with Crippen LogP contribution in [0.5, 0.6) is 0 Å². The molecule has 0 aliphatic carbocycles. The normalized spacial score (nSPS) is 12.0. The number of nitrogens with zero attached hydrogens (tertiary/aromatic N) is 1. The molecule has 94 valence electrons. The second-order valence-electron chi connectivity index (χ2n) is 3.89. The van der Waals surface area contributed by atoms with Crippen LogP contribution in [0.2, 0.25) is 0 Å². The van der Waals surface area contributed by atoms with E-state index in [4.69, 9.17) is 0 Å². The fourth-order valence-corrected chi connectivity index (χ4v) is 1.02. The smallest absolute Gasteiger partial charge is 0.236 e. The molecule has 0 aliphatic rings. The van der Waals surface area contributed by atoms with Crippen LogP contribution in [0.15, 0.2) is 0 Å². The number of nitrogens with one attached hydrogen (secondary N) is 2. The van der Waals surface area contributed by atoms with Gasteiger partial charge in [0.15, 0.2) is 0 Å². The van der Waals surface area contributed by atoms with Crippen LogP contribution in [0.25, 0.3) is 0 Å². The molecule has 0 rings (SSSR count). The average Bonchev–Trinajstić information content (AvgIpc) is 2.27. The van der Waals surface area contributed by atoms with Crippen LogP contribution in [0.3, 0.4) is 0 Å². The summed E-state index contributed by atoms with van der Waals surface area (Å²) in [5.74, 6) is -0.0693. The monoisotopic (exact) mass is 229 g/mol. The van der Waals surface area contributed by atoms with E-state index in [1.54, 1.807) is 11.9 Å². The number of likely N-dealkylation sites (N-methyl/N-ethyl adjacent to an activating group) is 1. The lowest BCUT2D eigenvalue weighted by Crippen LogP contribution is -2.42. The lowest BCUT2D eigenvalue weighted by molar-refractivity contribution is -0.128. The molecule has 0 saturated carbocycles. The standard InChI is InChI=1S/C11H23N3O2/c1-5-9(3)13-10(15)7-12-8-11(16)14(4)6-2/h9,12H,5-8H2,1-4H3,(H,13,15). The van der Waals surface area contributed by atoms with E-state index in [-0.39, 0.29) is 30.9 Å². The predicted molar refractivity (Wildman–Crippen MR) is 64.1 cm³/mol.